The van der Waals surface area contributed by atoms with Gasteiger partial charge < -0.3 is 0 Å². The number of rotatable bonds is 4. The molecule has 6 nitrogen and oxygen atoms in total. The first-order valence-corrected chi connectivity index (χ1v) is 11.9. The summed E-state index contributed by atoms with van der Waals surface area (Å²) in [6.07, 6.45) is 2.44. The molecule has 1 atom stereocenters. The van der Waals surface area contributed by atoms with Gasteiger partial charge in [-0.3, -0.25) is 10.1 Å². The molecule has 0 aliphatic heterocycles. The first-order valence-electron chi connectivity index (χ1n) is 11.5. The molecule has 0 amide bonds. The van der Waals surface area contributed by atoms with Gasteiger partial charge in [-0.1, -0.05) is 54.1 Å². The third kappa shape index (κ3) is 4.29. The molecular formula is C28H19ClFN5O. The van der Waals surface area contributed by atoms with Gasteiger partial charge in [-0.2, -0.15) is 0 Å². The Hall–Kier alpha value is -4.23. The summed E-state index contributed by atoms with van der Waals surface area (Å²) in [5, 5.41) is 4.54. The lowest BCUT2D eigenvalue weighted by Crippen LogP contribution is -2.21. The monoisotopic (exact) mass is 495 g/mol. The Balaban J connectivity index is 1.35. The SMILES string of the molecule is O=C1C[C@@H](c2ccc(F)cc2)Cc2nc(Nc3nc(-c4ccccc4)c4cc(Cl)ccc4n3)ncc21. The van der Waals surface area contributed by atoms with E-state index in [0.717, 1.165) is 27.7 Å². The molecule has 6 rings (SSSR count). The summed E-state index contributed by atoms with van der Waals surface area (Å²) in [6.45, 7) is 0. The number of nitrogens with one attached hydrogen (secondary N) is 1. The van der Waals surface area contributed by atoms with Crippen LogP contribution in [0, 0.1) is 5.82 Å². The Morgan fingerprint density at radius 2 is 1.69 bits per heavy atom. The number of nitrogens with zero attached hydrogens (tertiary/aromatic N) is 4. The highest BCUT2D eigenvalue weighted by atomic mass is 35.5. The third-order valence-corrected chi connectivity index (χ3v) is 6.54. The van der Waals surface area contributed by atoms with E-state index in [2.05, 4.69) is 20.3 Å². The van der Waals surface area contributed by atoms with Crippen LogP contribution < -0.4 is 5.32 Å². The fourth-order valence-electron chi connectivity index (χ4n) is 4.55. The molecule has 0 radical (unpaired) electrons. The Bertz CT molecular complexity index is 1610. The number of hydrogen-bond acceptors (Lipinski definition) is 6. The van der Waals surface area contributed by atoms with Crippen LogP contribution in [0.2, 0.25) is 5.02 Å². The van der Waals surface area contributed by atoms with E-state index < -0.39 is 0 Å². The van der Waals surface area contributed by atoms with Crippen LogP contribution in [0.15, 0.2) is 79.0 Å². The highest BCUT2D eigenvalue weighted by molar-refractivity contribution is 6.31. The number of ketones is 1. The summed E-state index contributed by atoms with van der Waals surface area (Å²) >= 11 is 6.25. The lowest BCUT2D eigenvalue weighted by molar-refractivity contribution is 0.0962. The molecule has 8 heteroatoms. The van der Waals surface area contributed by atoms with Crippen molar-refractivity contribution < 1.29 is 9.18 Å². The average molecular weight is 496 g/mol. The zero-order chi connectivity index (χ0) is 24.6. The van der Waals surface area contributed by atoms with Crippen LogP contribution in [0.25, 0.3) is 22.2 Å². The summed E-state index contributed by atoms with van der Waals surface area (Å²) in [4.78, 5) is 31.1. The van der Waals surface area contributed by atoms with E-state index in [4.69, 9.17) is 16.6 Å². The fourth-order valence-corrected chi connectivity index (χ4v) is 4.72. The molecule has 1 aliphatic rings. The normalized spacial score (nSPS) is 15.1. The topological polar surface area (TPSA) is 80.7 Å². The first kappa shape index (κ1) is 22.2. The molecule has 1 N–H and O–H groups in total. The molecule has 0 fully saturated rings. The molecule has 1 aliphatic carbocycles. The lowest BCUT2D eigenvalue weighted by atomic mass is 9.82. The number of benzene rings is 3. The van der Waals surface area contributed by atoms with Crippen LogP contribution in [0.3, 0.4) is 0 Å². The van der Waals surface area contributed by atoms with Gasteiger partial charge in [0.05, 0.1) is 22.5 Å². The van der Waals surface area contributed by atoms with E-state index >= 15 is 0 Å². The predicted molar refractivity (Wildman–Crippen MR) is 137 cm³/mol. The number of aromatic nitrogens is 4. The predicted octanol–water partition coefficient (Wildman–Crippen LogP) is 6.54. The van der Waals surface area contributed by atoms with Crippen LogP contribution in [0.4, 0.5) is 16.3 Å². The van der Waals surface area contributed by atoms with Gasteiger partial charge in [-0.05, 0) is 48.2 Å². The van der Waals surface area contributed by atoms with E-state index in [9.17, 15) is 9.18 Å². The Labute approximate surface area is 211 Å². The summed E-state index contributed by atoms with van der Waals surface area (Å²) in [6, 6.07) is 21.5. The molecule has 3 aromatic carbocycles. The van der Waals surface area contributed by atoms with Gasteiger partial charge in [-0.25, -0.2) is 24.3 Å². The van der Waals surface area contributed by atoms with Crippen molar-refractivity contribution in [3.05, 3.63) is 107 Å². The Kier molecular flexibility index (Phi) is 5.62. The second kappa shape index (κ2) is 9.09. The molecule has 2 heterocycles. The fraction of sp³-hybridized carbons (Fsp3) is 0.107. The standard InChI is InChI=1S/C28H19ClFN5O/c29-19-8-11-23-21(14-19)26(17-4-2-1-3-5-17)34-28(32-23)35-27-31-15-22-24(33-27)12-18(13-25(22)36)16-6-9-20(30)10-7-16/h1-11,14-15,18H,12-13H2,(H,31,32,33,34,35)/t18-/m0/s1. The van der Waals surface area contributed by atoms with Crippen molar-refractivity contribution in [2.45, 2.75) is 18.8 Å². The highest BCUT2D eigenvalue weighted by Gasteiger charge is 2.28. The van der Waals surface area contributed by atoms with E-state index in [-0.39, 0.29) is 17.5 Å². The van der Waals surface area contributed by atoms with Crippen molar-refractivity contribution in [1.82, 2.24) is 19.9 Å². The molecule has 2 aromatic heterocycles. The molecule has 0 unspecified atom stereocenters. The number of carbonyl (C=O) groups excluding carboxylic acids is 1. The minimum absolute atomic E-state index is 0.0256. The van der Waals surface area contributed by atoms with Gasteiger partial charge in [0.25, 0.3) is 0 Å². The zero-order valence-corrected chi connectivity index (χ0v) is 19.7. The van der Waals surface area contributed by atoms with Crippen molar-refractivity contribution in [3.63, 3.8) is 0 Å². The third-order valence-electron chi connectivity index (χ3n) is 6.31. The molecule has 0 bridgehead atoms. The summed E-state index contributed by atoms with van der Waals surface area (Å²) in [5.41, 5.74) is 4.45. The van der Waals surface area contributed by atoms with Crippen LogP contribution in [0.1, 0.15) is 34.0 Å². The van der Waals surface area contributed by atoms with E-state index in [1.807, 2.05) is 42.5 Å². The number of fused-ring (bicyclic) bond motifs is 2. The molecule has 0 saturated carbocycles. The number of anilines is 2. The number of carbonyl (C=O) groups is 1. The average Bonchev–Trinajstić information content (AvgIpc) is 2.89. The van der Waals surface area contributed by atoms with Gasteiger partial charge in [0.1, 0.15) is 5.82 Å². The summed E-state index contributed by atoms with van der Waals surface area (Å²) < 4.78 is 13.4. The molecular weight excluding hydrogens is 477 g/mol. The molecule has 5 aromatic rings. The lowest BCUT2D eigenvalue weighted by Gasteiger charge is -2.23. The van der Waals surface area contributed by atoms with E-state index in [1.165, 1.54) is 12.1 Å². The maximum Gasteiger partial charge on any atom is 0.230 e. The second-order valence-electron chi connectivity index (χ2n) is 8.68. The Morgan fingerprint density at radius 3 is 2.50 bits per heavy atom. The van der Waals surface area contributed by atoms with Crippen molar-refractivity contribution in [2.24, 2.45) is 0 Å². The molecule has 176 valence electrons. The maximum atomic E-state index is 13.4. The summed E-state index contributed by atoms with van der Waals surface area (Å²) in [5.74, 6) is 0.235. The van der Waals surface area contributed by atoms with Gasteiger partial charge in [0.15, 0.2) is 5.78 Å². The van der Waals surface area contributed by atoms with Gasteiger partial charge in [-0.15, -0.1) is 0 Å². The number of Topliss-reactive ketones (excluding diaryl/α,β-unsaturated/α-hetero) is 1. The molecule has 36 heavy (non-hydrogen) atoms. The van der Waals surface area contributed by atoms with Crippen molar-refractivity contribution >= 4 is 40.2 Å². The Morgan fingerprint density at radius 1 is 0.889 bits per heavy atom. The van der Waals surface area contributed by atoms with Gasteiger partial charge in [0, 0.05) is 28.6 Å². The second-order valence-corrected chi connectivity index (χ2v) is 9.12. The first-order chi connectivity index (χ1) is 17.5. The van der Waals surface area contributed by atoms with Crippen molar-refractivity contribution in [3.8, 4) is 11.3 Å². The van der Waals surface area contributed by atoms with E-state index in [0.29, 0.717) is 41.0 Å². The summed E-state index contributed by atoms with van der Waals surface area (Å²) in [7, 11) is 0. The highest BCUT2D eigenvalue weighted by Crippen LogP contribution is 2.33. The largest absolute Gasteiger partial charge is 0.294 e. The van der Waals surface area contributed by atoms with Crippen molar-refractivity contribution in [2.75, 3.05) is 5.32 Å². The molecule has 0 saturated heterocycles. The molecule has 0 spiro atoms. The minimum Gasteiger partial charge on any atom is -0.294 e. The minimum atomic E-state index is -0.303. The maximum absolute atomic E-state index is 13.4. The zero-order valence-electron chi connectivity index (χ0n) is 19.0. The van der Waals surface area contributed by atoms with Crippen molar-refractivity contribution in [1.29, 1.82) is 0 Å². The van der Waals surface area contributed by atoms with Gasteiger partial charge >= 0.3 is 0 Å². The number of halogens is 2. The van der Waals surface area contributed by atoms with Crippen LogP contribution in [-0.2, 0) is 6.42 Å². The van der Waals surface area contributed by atoms with E-state index in [1.54, 1.807) is 24.4 Å². The van der Waals surface area contributed by atoms with Crippen LogP contribution >= 0.6 is 11.6 Å². The smallest absolute Gasteiger partial charge is 0.230 e. The van der Waals surface area contributed by atoms with Crippen LogP contribution in [0.5, 0.6) is 0 Å². The van der Waals surface area contributed by atoms with Gasteiger partial charge in [0.2, 0.25) is 11.9 Å². The quantitative estimate of drug-likeness (QED) is 0.305. The van der Waals surface area contributed by atoms with Crippen LogP contribution in [-0.4, -0.2) is 25.7 Å². The number of hydrogen-bond donors (Lipinski definition) is 1.